The van der Waals surface area contributed by atoms with E-state index in [1.807, 2.05) is 0 Å². The first kappa shape index (κ1) is 23.9. The molecule has 176 valence electrons. The van der Waals surface area contributed by atoms with Crippen LogP contribution >= 0.6 is 23.4 Å². The van der Waals surface area contributed by atoms with Gasteiger partial charge in [0, 0.05) is 11.1 Å². The largest absolute Gasteiger partial charge is 0.450 e. The maximum Gasteiger partial charge on any atom is 0.318 e. The zero-order valence-corrected chi connectivity index (χ0v) is 19.2. The van der Waals surface area contributed by atoms with Crippen LogP contribution < -0.4 is 4.74 Å². The second-order valence-corrected chi connectivity index (χ2v) is 8.66. The van der Waals surface area contributed by atoms with Gasteiger partial charge >= 0.3 is 5.69 Å². The lowest BCUT2D eigenvalue weighted by atomic mass is 10.2. The van der Waals surface area contributed by atoms with E-state index in [2.05, 4.69) is 0 Å². The Morgan fingerprint density at radius 3 is 2.40 bits per heavy atom. The van der Waals surface area contributed by atoms with E-state index >= 15 is 0 Å². The number of nitrogens with zero attached hydrogens (tertiary/aromatic N) is 3. The van der Waals surface area contributed by atoms with E-state index in [1.54, 1.807) is 36.4 Å². The number of benzene rings is 3. The lowest BCUT2D eigenvalue weighted by Gasteiger charge is -2.12. The Balaban J connectivity index is 1.54. The summed E-state index contributed by atoms with van der Waals surface area (Å²) in [6, 6.07) is 16.2. The quantitative estimate of drug-likeness (QED) is 0.208. The molecule has 2 amide bonds. The summed E-state index contributed by atoms with van der Waals surface area (Å²) in [5, 5.41) is 22.4. The highest BCUT2D eigenvalue weighted by molar-refractivity contribution is 8.18. The summed E-state index contributed by atoms with van der Waals surface area (Å²) in [6.45, 7) is 0.103. The number of hydrogen-bond acceptors (Lipinski definition) is 8. The van der Waals surface area contributed by atoms with Crippen molar-refractivity contribution in [3.8, 4) is 11.5 Å². The third-order valence-corrected chi connectivity index (χ3v) is 6.02. The van der Waals surface area contributed by atoms with E-state index in [1.165, 1.54) is 18.2 Å². The lowest BCUT2D eigenvalue weighted by molar-refractivity contribution is -0.394. The molecular formula is C23H14ClN3O7S. The summed E-state index contributed by atoms with van der Waals surface area (Å²) < 4.78 is 5.60. The van der Waals surface area contributed by atoms with Gasteiger partial charge in [-0.3, -0.25) is 34.7 Å². The number of amides is 2. The zero-order chi connectivity index (χ0) is 25.1. The lowest BCUT2D eigenvalue weighted by Crippen LogP contribution is -2.27. The molecule has 3 aromatic rings. The van der Waals surface area contributed by atoms with Gasteiger partial charge in [0.05, 0.1) is 27.4 Å². The molecule has 1 fully saturated rings. The molecule has 4 rings (SSSR count). The highest BCUT2D eigenvalue weighted by Crippen LogP contribution is 2.36. The van der Waals surface area contributed by atoms with Crippen LogP contribution in [-0.2, 0) is 11.3 Å². The van der Waals surface area contributed by atoms with Gasteiger partial charge in [0.15, 0.2) is 0 Å². The van der Waals surface area contributed by atoms with Crippen LogP contribution in [-0.4, -0.2) is 25.9 Å². The minimum atomic E-state index is -0.775. The number of imide groups is 1. The highest BCUT2D eigenvalue weighted by atomic mass is 35.5. The van der Waals surface area contributed by atoms with Crippen LogP contribution in [0.25, 0.3) is 6.08 Å². The van der Waals surface area contributed by atoms with Gasteiger partial charge in [-0.2, -0.15) is 0 Å². The fourth-order valence-corrected chi connectivity index (χ4v) is 4.17. The van der Waals surface area contributed by atoms with Crippen molar-refractivity contribution in [1.29, 1.82) is 0 Å². The zero-order valence-electron chi connectivity index (χ0n) is 17.6. The molecule has 0 aromatic heterocycles. The minimum absolute atomic E-state index is 0.103. The SMILES string of the molecule is O=C1S/C(=C\c2cccc(Oc3ccc([N+](=O)[O-])cc3[N+](=O)[O-])c2)C(=O)N1Cc1ccc(Cl)cc1. The van der Waals surface area contributed by atoms with E-state index in [0.717, 1.165) is 40.4 Å². The van der Waals surface area contributed by atoms with Crippen LogP contribution in [0, 0.1) is 20.2 Å². The van der Waals surface area contributed by atoms with E-state index < -0.39 is 32.4 Å². The third-order valence-electron chi connectivity index (χ3n) is 4.86. The van der Waals surface area contributed by atoms with Crippen molar-refractivity contribution in [3.63, 3.8) is 0 Å². The van der Waals surface area contributed by atoms with Crippen molar-refractivity contribution >= 4 is 52.0 Å². The first-order valence-corrected chi connectivity index (χ1v) is 11.1. The van der Waals surface area contributed by atoms with Gasteiger partial charge in [0.25, 0.3) is 16.8 Å². The van der Waals surface area contributed by atoms with E-state index in [-0.39, 0.29) is 22.9 Å². The number of ether oxygens (including phenoxy) is 1. The molecule has 0 spiro atoms. The van der Waals surface area contributed by atoms with Gasteiger partial charge in [-0.1, -0.05) is 35.9 Å². The number of nitro benzene ring substituents is 2. The summed E-state index contributed by atoms with van der Waals surface area (Å²) in [6.07, 6.45) is 1.52. The van der Waals surface area contributed by atoms with E-state index in [0.29, 0.717) is 10.6 Å². The predicted molar refractivity (Wildman–Crippen MR) is 129 cm³/mol. The molecule has 3 aromatic carbocycles. The number of nitro groups is 2. The van der Waals surface area contributed by atoms with Gasteiger partial charge in [0.1, 0.15) is 5.75 Å². The van der Waals surface area contributed by atoms with Crippen LogP contribution in [0.3, 0.4) is 0 Å². The first-order chi connectivity index (χ1) is 16.7. The molecule has 12 heteroatoms. The van der Waals surface area contributed by atoms with Crippen LogP contribution in [0.1, 0.15) is 11.1 Å². The topological polar surface area (TPSA) is 133 Å². The smallest absolute Gasteiger partial charge is 0.318 e. The monoisotopic (exact) mass is 511 g/mol. The summed E-state index contributed by atoms with van der Waals surface area (Å²) >= 11 is 6.67. The summed E-state index contributed by atoms with van der Waals surface area (Å²) in [7, 11) is 0. The Morgan fingerprint density at radius 2 is 1.71 bits per heavy atom. The molecule has 0 unspecified atom stereocenters. The Morgan fingerprint density at radius 1 is 0.971 bits per heavy atom. The molecule has 0 aliphatic carbocycles. The molecular weight excluding hydrogens is 498 g/mol. The molecule has 0 N–H and O–H groups in total. The molecule has 0 bridgehead atoms. The Labute approximate surface area is 207 Å². The number of non-ortho nitro benzene ring substituents is 1. The average Bonchev–Trinajstić information content (AvgIpc) is 3.08. The van der Waals surface area contributed by atoms with Gasteiger partial charge in [-0.25, -0.2) is 0 Å². The molecule has 1 saturated heterocycles. The van der Waals surface area contributed by atoms with Crippen LogP contribution in [0.5, 0.6) is 11.5 Å². The van der Waals surface area contributed by atoms with Gasteiger partial charge in [-0.05, 0) is 59.3 Å². The molecule has 1 aliphatic heterocycles. The summed E-state index contributed by atoms with van der Waals surface area (Å²) in [4.78, 5) is 47.3. The van der Waals surface area contributed by atoms with Crippen LogP contribution in [0.4, 0.5) is 16.2 Å². The second kappa shape index (κ2) is 9.95. The van der Waals surface area contributed by atoms with E-state index in [9.17, 15) is 29.8 Å². The number of thioether (sulfide) groups is 1. The van der Waals surface area contributed by atoms with Gasteiger partial charge in [-0.15, -0.1) is 0 Å². The molecule has 1 heterocycles. The minimum Gasteiger partial charge on any atom is -0.450 e. The second-order valence-electron chi connectivity index (χ2n) is 7.24. The van der Waals surface area contributed by atoms with Crippen LogP contribution in [0.15, 0.2) is 71.6 Å². The van der Waals surface area contributed by atoms with Crippen molar-refractivity contribution in [2.45, 2.75) is 6.54 Å². The Hall–Kier alpha value is -4.22. The highest BCUT2D eigenvalue weighted by Gasteiger charge is 2.35. The molecule has 35 heavy (non-hydrogen) atoms. The first-order valence-electron chi connectivity index (χ1n) is 9.92. The number of carbonyl (C=O) groups is 2. The average molecular weight is 512 g/mol. The number of hydrogen-bond donors (Lipinski definition) is 0. The van der Waals surface area contributed by atoms with Crippen molar-refractivity contribution in [3.05, 3.63) is 108 Å². The molecule has 0 radical (unpaired) electrons. The Kier molecular flexibility index (Phi) is 6.80. The van der Waals surface area contributed by atoms with E-state index in [4.69, 9.17) is 16.3 Å². The van der Waals surface area contributed by atoms with Crippen molar-refractivity contribution in [1.82, 2.24) is 4.90 Å². The molecule has 0 atom stereocenters. The van der Waals surface area contributed by atoms with Crippen molar-refractivity contribution < 1.29 is 24.2 Å². The van der Waals surface area contributed by atoms with Crippen molar-refractivity contribution in [2.24, 2.45) is 0 Å². The molecule has 0 saturated carbocycles. The number of carbonyl (C=O) groups excluding carboxylic acids is 2. The normalized spacial score (nSPS) is 14.4. The molecule has 1 aliphatic rings. The standard InChI is InChI=1S/C23H14ClN3O7S/c24-16-6-4-14(5-7-16)13-25-22(28)21(35-23(25)29)11-15-2-1-3-18(10-15)34-20-9-8-17(26(30)31)12-19(20)27(32)33/h1-12H,13H2/b21-11-. The maximum atomic E-state index is 12.8. The summed E-state index contributed by atoms with van der Waals surface area (Å²) in [5.74, 6) is -0.426. The number of halogens is 1. The Bertz CT molecular complexity index is 1390. The fraction of sp³-hybridized carbons (Fsp3) is 0.0435. The fourth-order valence-electron chi connectivity index (χ4n) is 3.20. The van der Waals surface area contributed by atoms with Crippen molar-refractivity contribution in [2.75, 3.05) is 0 Å². The third kappa shape index (κ3) is 5.48. The number of rotatable bonds is 7. The maximum absolute atomic E-state index is 12.8. The molecule has 10 nitrogen and oxygen atoms in total. The van der Waals surface area contributed by atoms with Gasteiger partial charge in [0.2, 0.25) is 5.75 Å². The summed E-state index contributed by atoms with van der Waals surface area (Å²) in [5.41, 5.74) is 0.266. The van der Waals surface area contributed by atoms with Gasteiger partial charge < -0.3 is 4.74 Å². The predicted octanol–water partition coefficient (Wildman–Crippen LogP) is 6.19. The van der Waals surface area contributed by atoms with Crippen LogP contribution in [0.2, 0.25) is 5.02 Å².